The molecule has 20 heavy (non-hydrogen) atoms. The Morgan fingerprint density at radius 2 is 1.85 bits per heavy atom. The average molecular weight is 285 g/mol. The van der Waals surface area contributed by atoms with E-state index in [1.807, 2.05) is 20.8 Å². The van der Waals surface area contributed by atoms with Crippen LogP contribution in [0.4, 0.5) is 4.79 Å². The van der Waals surface area contributed by atoms with Crippen molar-refractivity contribution in [3.05, 3.63) is 0 Å². The van der Waals surface area contributed by atoms with Gasteiger partial charge in [-0.15, -0.1) is 0 Å². The molecule has 0 atom stereocenters. The summed E-state index contributed by atoms with van der Waals surface area (Å²) in [5, 5.41) is 5.95. The van der Waals surface area contributed by atoms with Crippen molar-refractivity contribution >= 4 is 12.0 Å². The molecule has 2 N–H and O–H groups in total. The fourth-order valence-electron chi connectivity index (χ4n) is 2.11. The monoisotopic (exact) mass is 285 g/mol. The number of carbonyl (C=O) groups excluding carboxylic acids is 2. The fraction of sp³-hybridized carbons (Fsp3) is 0.857. The van der Waals surface area contributed by atoms with Crippen LogP contribution in [0.3, 0.4) is 0 Å². The molecule has 1 saturated heterocycles. The van der Waals surface area contributed by atoms with E-state index in [1.54, 1.807) is 11.9 Å². The molecule has 0 radical (unpaired) electrons. The Labute approximate surface area is 121 Å². The van der Waals surface area contributed by atoms with E-state index in [2.05, 4.69) is 10.6 Å². The zero-order chi connectivity index (χ0) is 15.2. The molecule has 1 fully saturated rings. The van der Waals surface area contributed by atoms with Crippen LogP contribution < -0.4 is 10.6 Å². The Morgan fingerprint density at radius 1 is 1.25 bits per heavy atom. The molecule has 2 amide bonds. The Bertz CT molecular complexity index is 331. The molecule has 1 rings (SSSR count). The maximum Gasteiger partial charge on any atom is 0.410 e. The number of hydrogen-bond acceptors (Lipinski definition) is 4. The molecular weight excluding hydrogens is 258 g/mol. The van der Waals surface area contributed by atoms with E-state index in [-0.39, 0.29) is 12.0 Å². The summed E-state index contributed by atoms with van der Waals surface area (Å²) in [5.74, 6) is 0.0451. The first kappa shape index (κ1) is 16.8. The quantitative estimate of drug-likeness (QED) is 0.812. The molecule has 6 nitrogen and oxygen atoms in total. The number of piperidine rings is 1. The van der Waals surface area contributed by atoms with E-state index in [0.717, 1.165) is 12.8 Å². The van der Waals surface area contributed by atoms with Crippen LogP contribution in [0.5, 0.6) is 0 Å². The number of ether oxygens (including phenoxy) is 1. The predicted octanol–water partition coefficient (Wildman–Crippen LogP) is 1.11. The highest BCUT2D eigenvalue weighted by molar-refractivity contribution is 5.75. The standard InChI is InChI=1S/C14H27N3O3/c1-14(2,3)20-13(19)17-9-6-11(7-10-17)16-8-5-12(18)15-4/h11,16H,5-10H2,1-4H3,(H,15,18). The maximum atomic E-state index is 11.9. The summed E-state index contributed by atoms with van der Waals surface area (Å²) in [7, 11) is 1.64. The van der Waals surface area contributed by atoms with E-state index in [1.165, 1.54) is 0 Å². The normalized spacial score (nSPS) is 16.9. The highest BCUT2D eigenvalue weighted by Gasteiger charge is 2.26. The van der Waals surface area contributed by atoms with Gasteiger partial charge in [-0.25, -0.2) is 4.79 Å². The second-order valence-corrected chi connectivity index (χ2v) is 6.12. The van der Waals surface area contributed by atoms with Crippen molar-refractivity contribution < 1.29 is 14.3 Å². The minimum atomic E-state index is -0.445. The molecule has 0 aromatic carbocycles. The lowest BCUT2D eigenvalue weighted by molar-refractivity contribution is -0.120. The molecule has 0 aromatic heterocycles. The van der Waals surface area contributed by atoms with Gasteiger partial charge in [0.15, 0.2) is 0 Å². The number of nitrogens with one attached hydrogen (secondary N) is 2. The van der Waals surface area contributed by atoms with Crippen LogP contribution in [-0.2, 0) is 9.53 Å². The van der Waals surface area contributed by atoms with E-state index in [9.17, 15) is 9.59 Å². The van der Waals surface area contributed by atoms with E-state index >= 15 is 0 Å². The summed E-state index contributed by atoms with van der Waals surface area (Å²) < 4.78 is 5.35. The third kappa shape index (κ3) is 6.23. The average Bonchev–Trinajstić information content (AvgIpc) is 2.37. The van der Waals surface area contributed by atoms with Crippen molar-refractivity contribution in [1.29, 1.82) is 0 Å². The maximum absolute atomic E-state index is 11.9. The topological polar surface area (TPSA) is 70.7 Å². The van der Waals surface area contributed by atoms with Crippen molar-refractivity contribution in [2.45, 2.75) is 51.7 Å². The van der Waals surface area contributed by atoms with Gasteiger partial charge in [0.25, 0.3) is 0 Å². The van der Waals surface area contributed by atoms with Gasteiger partial charge in [-0.05, 0) is 33.6 Å². The summed E-state index contributed by atoms with van der Waals surface area (Å²) >= 11 is 0. The van der Waals surface area contributed by atoms with Gasteiger partial charge in [0.1, 0.15) is 5.60 Å². The van der Waals surface area contributed by atoms with Crippen LogP contribution in [0, 0.1) is 0 Å². The lowest BCUT2D eigenvalue weighted by Crippen LogP contribution is -2.46. The molecule has 0 saturated carbocycles. The van der Waals surface area contributed by atoms with Crippen LogP contribution in [0.2, 0.25) is 0 Å². The molecule has 0 spiro atoms. The molecule has 1 heterocycles. The number of nitrogens with zero attached hydrogens (tertiary/aromatic N) is 1. The summed E-state index contributed by atoms with van der Waals surface area (Å²) in [6.07, 6.45) is 2.05. The fourth-order valence-corrected chi connectivity index (χ4v) is 2.11. The largest absolute Gasteiger partial charge is 0.444 e. The lowest BCUT2D eigenvalue weighted by atomic mass is 10.1. The Balaban J connectivity index is 2.23. The van der Waals surface area contributed by atoms with Gasteiger partial charge >= 0.3 is 6.09 Å². The van der Waals surface area contributed by atoms with Crippen LogP contribution in [0.15, 0.2) is 0 Å². The Morgan fingerprint density at radius 3 is 2.35 bits per heavy atom. The van der Waals surface area contributed by atoms with Crippen LogP contribution >= 0.6 is 0 Å². The number of carbonyl (C=O) groups is 2. The minimum Gasteiger partial charge on any atom is -0.444 e. The first-order valence-electron chi connectivity index (χ1n) is 7.23. The van der Waals surface area contributed by atoms with Gasteiger partial charge in [-0.2, -0.15) is 0 Å². The van der Waals surface area contributed by atoms with E-state index in [0.29, 0.717) is 32.1 Å². The minimum absolute atomic E-state index is 0.0451. The number of hydrogen-bond donors (Lipinski definition) is 2. The zero-order valence-corrected chi connectivity index (χ0v) is 13.0. The van der Waals surface area contributed by atoms with Gasteiger partial charge in [0.05, 0.1) is 0 Å². The van der Waals surface area contributed by atoms with Crippen molar-refractivity contribution in [3.8, 4) is 0 Å². The summed E-state index contributed by atoms with van der Waals surface area (Å²) in [5.41, 5.74) is -0.445. The summed E-state index contributed by atoms with van der Waals surface area (Å²) in [6, 6.07) is 0.373. The molecule has 6 heteroatoms. The highest BCUT2D eigenvalue weighted by Crippen LogP contribution is 2.15. The third-order valence-electron chi connectivity index (χ3n) is 3.21. The first-order chi connectivity index (χ1) is 9.31. The van der Waals surface area contributed by atoms with Gasteiger partial charge in [-0.1, -0.05) is 0 Å². The van der Waals surface area contributed by atoms with Gasteiger partial charge in [-0.3, -0.25) is 4.79 Å². The second-order valence-electron chi connectivity index (χ2n) is 6.12. The molecule has 116 valence electrons. The highest BCUT2D eigenvalue weighted by atomic mass is 16.6. The Hall–Kier alpha value is -1.30. The Kier molecular flexibility index (Phi) is 6.26. The van der Waals surface area contributed by atoms with Gasteiger partial charge < -0.3 is 20.3 Å². The molecule has 0 bridgehead atoms. The molecule has 0 unspecified atom stereocenters. The SMILES string of the molecule is CNC(=O)CCNC1CCN(C(=O)OC(C)(C)C)CC1. The zero-order valence-electron chi connectivity index (χ0n) is 13.0. The molecule has 1 aliphatic rings. The lowest BCUT2D eigenvalue weighted by Gasteiger charge is -2.33. The summed E-state index contributed by atoms with van der Waals surface area (Å²) in [6.45, 7) is 7.70. The van der Waals surface area contributed by atoms with Crippen molar-refractivity contribution in [3.63, 3.8) is 0 Å². The van der Waals surface area contributed by atoms with Crippen molar-refractivity contribution in [2.75, 3.05) is 26.7 Å². The molecular formula is C14H27N3O3. The summed E-state index contributed by atoms with van der Waals surface area (Å²) in [4.78, 5) is 24.8. The van der Waals surface area contributed by atoms with E-state index in [4.69, 9.17) is 4.74 Å². The van der Waals surface area contributed by atoms with Crippen molar-refractivity contribution in [1.82, 2.24) is 15.5 Å². The second kappa shape index (κ2) is 7.47. The van der Waals surface area contributed by atoms with Crippen LogP contribution in [0.25, 0.3) is 0 Å². The molecule has 0 aromatic rings. The number of amides is 2. The number of rotatable bonds is 4. The van der Waals surface area contributed by atoms with E-state index < -0.39 is 5.60 Å². The third-order valence-corrected chi connectivity index (χ3v) is 3.21. The first-order valence-corrected chi connectivity index (χ1v) is 7.23. The smallest absolute Gasteiger partial charge is 0.410 e. The van der Waals surface area contributed by atoms with Crippen LogP contribution in [-0.4, -0.2) is 55.2 Å². The van der Waals surface area contributed by atoms with Gasteiger partial charge in [0, 0.05) is 39.1 Å². The van der Waals surface area contributed by atoms with Crippen LogP contribution in [0.1, 0.15) is 40.0 Å². The van der Waals surface area contributed by atoms with Gasteiger partial charge in [0.2, 0.25) is 5.91 Å². The van der Waals surface area contributed by atoms with Crippen molar-refractivity contribution in [2.24, 2.45) is 0 Å². The predicted molar refractivity (Wildman–Crippen MR) is 77.5 cm³/mol. The molecule has 1 aliphatic heterocycles. The molecule has 0 aliphatic carbocycles. The number of likely N-dealkylation sites (tertiary alicyclic amines) is 1.